The molecule has 0 saturated heterocycles. The zero-order valence-electron chi connectivity index (χ0n) is 12.0. The van der Waals surface area contributed by atoms with Gasteiger partial charge in [0.05, 0.1) is 17.3 Å². The molecule has 0 radical (unpaired) electrons. The number of hydrogen-bond acceptors (Lipinski definition) is 4. The minimum absolute atomic E-state index is 0.0744. The first-order valence-electron chi connectivity index (χ1n) is 6.75. The molecule has 0 heterocycles. The third-order valence-corrected chi connectivity index (χ3v) is 4.90. The first-order valence-corrected chi connectivity index (χ1v) is 8.40. The Morgan fingerprint density at radius 3 is 2.24 bits per heavy atom. The number of ether oxygens (including phenoxy) is 1. The first-order chi connectivity index (χ1) is 9.97. The molecule has 2 aromatic carbocycles. The number of nitrogen functional groups attached to an aromatic ring is 1. The molecule has 2 rings (SSSR count). The molecule has 0 saturated carbocycles. The van der Waals surface area contributed by atoms with Gasteiger partial charge in [-0.2, -0.15) is 0 Å². The van der Waals surface area contributed by atoms with E-state index in [0.717, 1.165) is 5.56 Å². The van der Waals surface area contributed by atoms with Gasteiger partial charge >= 0.3 is 0 Å². The maximum absolute atomic E-state index is 12.1. The Morgan fingerprint density at radius 2 is 1.62 bits per heavy atom. The summed E-state index contributed by atoms with van der Waals surface area (Å²) in [5.41, 5.74) is 7.29. The van der Waals surface area contributed by atoms with Crippen LogP contribution in [0.1, 0.15) is 12.0 Å². The number of sulfone groups is 1. The van der Waals surface area contributed by atoms with Crippen molar-refractivity contribution in [3.8, 4) is 5.75 Å². The number of hydrogen-bond donors (Lipinski definition) is 1. The summed E-state index contributed by atoms with van der Waals surface area (Å²) in [7, 11) is -3.24. The van der Waals surface area contributed by atoms with Crippen molar-refractivity contribution in [1.82, 2.24) is 0 Å². The Balaban J connectivity index is 1.85. The Morgan fingerprint density at radius 1 is 1.00 bits per heavy atom. The largest absolute Gasteiger partial charge is 0.494 e. The van der Waals surface area contributed by atoms with Crippen LogP contribution in [0.5, 0.6) is 5.75 Å². The van der Waals surface area contributed by atoms with Crippen LogP contribution < -0.4 is 10.5 Å². The van der Waals surface area contributed by atoms with Crippen LogP contribution in [0.2, 0.25) is 0 Å². The highest BCUT2D eigenvalue weighted by Crippen LogP contribution is 2.15. The lowest BCUT2D eigenvalue weighted by Crippen LogP contribution is -2.10. The maximum Gasteiger partial charge on any atom is 0.178 e. The van der Waals surface area contributed by atoms with Crippen molar-refractivity contribution in [3.05, 3.63) is 54.1 Å². The average Bonchev–Trinajstić information content (AvgIpc) is 2.46. The molecule has 0 spiro atoms. The lowest BCUT2D eigenvalue weighted by Gasteiger charge is -2.07. The molecule has 0 atom stereocenters. The van der Waals surface area contributed by atoms with Gasteiger partial charge in [-0.1, -0.05) is 17.7 Å². The minimum Gasteiger partial charge on any atom is -0.494 e. The Labute approximate surface area is 125 Å². The summed E-state index contributed by atoms with van der Waals surface area (Å²) < 4.78 is 29.7. The van der Waals surface area contributed by atoms with Gasteiger partial charge in [0.15, 0.2) is 9.84 Å². The Kier molecular flexibility index (Phi) is 4.85. The van der Waals surface area contributed by atoms with E-state index >= 15 is 0 Å². The number of benzene rings is 2. The van der Waals surface area contributed by atoms with E-state index in [1.807, 2.05) is 6.92 Å². The quantitative estimate of drug-likeness (QED) is 0.658. The second-order valence-electron chi connectivity index (χ2n) is 4.90. The van der Waals surface area contributed by atoms with Crippen molar-refractivity contribution < 1.29 is 13.2 Å². The van der Waals surface area contributed by atoms with Crippen molar-refractivity contribution in [1.29, 1.82) is 0 Å². The van der Waals surface area contributed by atoms with Crippen molar-refractivity contribution in [2.45, 2.75) is 18.2 Å². The van der Waals surface area contributed by atoms with Crippen molar-refractivity contribution in [2.75, 3.05) is 18.1 Å². The van der Waals surface area contributed by atoms with E-state index in [9.17, 15) is 8.42 Å². The van der Waals surface area contributed by atoms with Crippen LogP contribution in [0.4, 0.5) is 5.69 Å². The van der Waals surface area contributed by atoms with Crippen LogP contribution >= 0.6 is 0 Å². The van der Waals surface area contributed by atoms with Crippen LogP contribution in [0.25, 0.3) is 0 Å². The molecule has 0 aliphatic rings. The monoisotopic (exact) mass is 305 g/mol. The Hall–Kier alpha value is -2.01. The van der Waals surface area contributed by atoms with Crippen LogP contribution in [0.15, 0.2) is 53.4 Å². The second-order valence-corrected chi connectivity index (χ2v) is 7.01. The molecular weight excluding hydrogens is 286 g/mol. The van der Waals surface area contributed by atoms with Gasteiger partial charge in [-0.3, -0.25) is 0 Å². The molecule has 5 heteroatoms. The summed E-state index contributed by atoms with van der Waals surface area (Å²) >= 11 is 0. The summed E-state index contributed by atoms with van der Waals surface area (Å²) in [6.45, 7) is 2.28. The predicted molar refractivity (Wildman–Crippen MR) is 84.2 cm³/mol. The summed E-state index contributed by atoms with van der Waals surface area (Å²) in [6, 6.07) is 13.9. The highest BCUT2D eigenvalue weighted by atomic mass is 32.2. The van der Waals surface area contributed by atoms with Crippen molar-refractivity contribution in [2.24, 2.45) is 0 Å². The molecular formula is C16H19NO3S. The molecule has 0 fully saturated rings. The summed E-state index contributed by atoms with van der Waals surface area (Å²) in [4.78, 5) is 0.362. The second kappa shape index (κ2) is 6.63. The van der Waals surface area contributed by atoms with Gasteiger partial charge in [0.25, 0.3) is 0 Å². The molecule has 0 aliphatic heterocycles. The third-order valence-electron chi connectivity index (χ3n) is 3.09. The van der Waals surface area contributed by atoms with Gasteiger partial charge < -0.3 is 10.5 Å². The van der Waals surface area contributed by atoms with Crippen LogP contribution in [0, 0.1) is 6.92 Å². The summed E-state index contributed by atoms with van der Waals surface area (Å²) in [6.07, 6.45) is 0.445. The zero-order chi connectivity index (χ0) is 15.3. The van der Waals surface area contributed by atoms with Gasteiger partial charge in [-0.25, -0.2) is 8.42 Å². The van der Waals surface area contributed by atoms with Crippen LogP contribution in [-0.4, -0.2) is 20.8 Å². The molecule has 4 nitrogen and oxygen atoms in total. The summed E-state index contributed by atoms with van der Waals surface area (Å²) in [5, 5.41) is 0. The number of nitrogens with two attached hydrogens (primary N) is 1. The lowest BCUT2D eigenvalue weighted by atomic mass is 10.2. The van der Waals surface area contributed by atoms with Gasteiger partial charge in [0, 0.05) is 5.69 Å². The SMILES string of the molecule is Cc1ccc(S(=O)(=O)CCCOc2ccc(N)cc2)cc1. The van der Waals surface area contributed by atoms with Crippen molar-refractivity contribution in [3.63, 3.8) is 0 Å². The van der Waals surface area contributed by atoms with E-state index in [1.54, 1.807) is 48.5 Å². The van der Waals surface area contributed by atoms with Gasteiger partial charge in [-0.05, 0) is 49.7 Å². The van der Waals surface area contributed by atoms with E-state index in [1.165, 1.54) is 0 Å². The normalized spacial score (nSPS) is 11.3. The number of aryl methyl sites for hydroxylation is 1. The molecule has 21 heavy (non-hydrogen) atoms. The standard InChI is InChI=1S/C16H19NO3S/c1-13-3-9-16(10-4-13)21(18,19)12-2-11-20-15-7-5-14(17)6-8-15/h3-10H,2,11-12,17H2,1H3. The fourth-order valence-corrected chi connectivity index (χ4v) is 3.15. The molecule has 0 aromatic heterocycles. The van der Waals surface area contributed by atoms with E-state index in [-0.39, 0.29) is 5.75 Å². The molecule has 2 aromatic rings. The van der Waals surface area contributed by atoms with E-state index in [4.69, 9.17) is 10.5 Å². The average molecular weight is 305 g/mol. The van der Waals surface area contributed by atoms with Crippen LogP contribution in [0.3, 0.4) is 0 Å². The van der Waals surface area contributed by atoms with Crippen molar-refractivity contribution >= 4 is 15.5 Å². The van der Waals surface area contributed by atoms with Gasteiger partial charge in [0.2, 0.25) is 0 Å². The van der Waals surface area contributed by atoms with E-state index < -0.39 is 9.84 Å². The van der Waals surface area contributed by atoms with Gasteiger partial charge in [-0.15, -0.1) is 0 Å². The highest BCUT2D eigenvalue weighted by Gasteiger charge is 2.13. The third kappa shape index (κ3) is 4.49. The predicted octanol–water partition coefficient (Wildman–Crippen LogP) is 2.82. The molecule has 0 amide bonds. The maximum atomic E-state index is 12.1. The topological polar surface area (TPSA) is 69.4 Å². The van der Waals surface area contributed by atoms with Gasteiger partial charge in [0.1, 0.15) is 5.75 Å². The van der Waals surface area contributed by atoms with E-state index in [0.29, 0.717) is 29.4 Å². The molecule has 0 bridgehead atoms. The fourth-order valence-electron chi connectivity index (χ4n) is 1.87. The molecule has 2 N–H and O–H groups in total. The first kappa shape index (κ1) is 15.4. The van der Waals surface area contributed by atoms with E-state index in [2.05, 4.69) is 0 Å². The fraction of sp³-hybridized carbons (Fsp3) is 0.250. The van der Waals surface area contributed by atoms with Crippen LogP contribution in [-0.2, 0) is 9.84 Å². The lowest BCUT2D eigenvalue weighted by molar-refractivity contribution is 0.317. The molecule has 112 valence electrons. The summed E-state index contributed by atoms with van der Waals surface area (Å²) in [5.74, 6) is 0.766. The molecule has 0 aliphatic carbocycles. The Bertz CT molecular complexity index is 676. The highest BCUT2D eigenvalue weighted by molar-refractivity contribution is 7.91. The molecule has 0 unspecified atom stereocenters. The number of anilines is 1. The number of rotatable bonds is 6. The smallest absolute Gasteiger partial charge is 0.178 e. The minimum atomic E-state index is -3.24. The zero-order valence-corrected chi connectivity index (χ0v) is 12.8.